The lowest BCUT2D eigenvalue weighted by atomic mass is 10.1. The maximum Gasteiger partial charge on any atom is 0.335 e. The molecule has 1 N–H and O–H groups in total. The molecular formula is C13H18BrNO4S. The molecule has 0 aromatic heterocycles. The molecule has 0 heterocycles. The van der Waals surface area contributed by atoms with Crippen LogP contribution in [0.5, 0.6) is 0 Å². The summed E-state index contributed by atoms with van der Waals surface area (Å²) >= 11 is 3.24. The Morgan fingerprint density at radius 3 is 2.50 bits per heavy atom. The third-order valence-corrected chi connectivity index (χ3v) is 6.18. The Labute approximate surface area is 127 Å². The number of benzene rings is 1. The average molecular weight is 364 g/mol. The van der Waals surface area contributed by atoms with Crippen molar-refractivity contribution < 1.29 is 18.3 Å². The van der Waals surface area contributed by atoms with Gasteiger partial charge < -0.3 is 5.11 Å². The third-order valence-electron chi connectivity index (χ3n) is 2.98. The predicted octanol–water partition coefficient (Wildman–Crippen LogP) is 2.88. The Bertz CT molecular complexity index is 613. The molecule has 0 unspecified atom stereocenters. The van der Waals surface area contributed by atoms with Crippen LogP contribution in [-0.2, 0) is 10.0 Å². The molecule has 0 radical (unpaired) electrons. The molecule has 0 atom stereocenters. The molecule has 0 aliphatic heterocycles. The van der Waals surface area contributed by atoms with E-state index in [2.05, 4.69) is 15.9 Å². The topological polar surface area (TPSA) is 74.7 Å². The third kappa shape index (κ3) is 3.59. The smallest absolute Gasteiger partial charge is 0.335 e. The number of hydrogen-bond acceptors (Lipinski definition) is 3. The van der Waals surface area contributed by atoms with E-state index in [1.54, 1.807) is 6.92 Å². The molecule has 0 saturated heterocycles. The van der Waals surface area contributed by atoms with Crippen molar-refractivity contribution in [2.45, 2.75) is 31.6 Å². The largest absolute Gasteiger partial charge is 0.478 e. The molecule has 0 bridgehead atoms. The number of aryl methyl sites for hydroxylation is 1. The van der Waals surface area contributed by atoms with Gasteiger partial charge in [0, 0.05) is 18.1 Å². The van der Waals surface area contributed by atoms with Crippen molar-refractivity contribution in [3.8, 4) is 0 Å². The quantitative estimate of drug-likeness (QED) is 0.842. The molecule has 1 aromatic rings. The van der Waals surface area contributed by atoms with E-state index in [4.69, 9.17) is 5.11 Å². The van der Waals surface area contributed by atoms with Crippen molar-refractivity contribution in [2.24, 2.45) is 0 Å². The standard InChI is InChI=1S/C13H18BrNO4S/c1-4-5-6-15(3)20(18,19)11-8-10(13(16)17)7-9(2)12(11)14/h7-8H,4-6H2,1-3H3,(H,16,17). The van der Waals surface area contributed by atoms with Gasteiger partial charge in [-0.3, -0.25) is 0 Å². The summed E-state index contributed by atoms with van der Waals surface area (Å²) in [5.74, 6) is -1.15. The lowest BCUT2D eigenvalue weighted by Gasteiger charge is -2.19. The number of hydrogen-bond donors (Lipinski definition) is 1. The molecule has 0 aliphatic rings. The van der Waals surface area contributed by atoms with Crippen LogP contribution in [0, 0.1) is 6.92 Å². The first-order valence-electron chi connectivity index (χ1n) is 6.21. The molecule has 0 saturated carbocycles. The van der Waals surface area contributed by atoms with Crippen LogP contribution >= 0.6 is 15.9 Å². The molecule has 1 rings (SSSR count). The van der Waals surface area contributed by atoms with Gasteiger partial charge in [0.05, 0.1) is 10.5 Å². The summed E-state index contributed by atoms with van der Waals surface area (Å²) < 4.78 is 26.6. The fraction of sp³-hybridized carbons (Fsp3) is 0.462. The molecule has 0 amide bonds. The molecule has 7 heteroatoms. The van der Waals surface area contributed by atoms with Crippen LogP contribution in [0.4, 0.5) is 0 Å². The van der Waals surface area contributed by atoms with E-state index in [0.29, 0.717) is 16.6 Å². The van der Waals surface area contributed by atoms with E-state index in [0.717, 1.165) is 12.8 Å². The fourth-order valence-corrected chi connectivity index (χ4v) is 3.93. The van der Waals surface area contributed by atoms with Gasteiger partial charge in [-0.25, -0.2) is 17.5 Å². The Morgan fingerprint density at radius 2 is 2.00 bits per heavy atom. The summed E-state index contributed by atoms with van der Waals surface area (Å²) in [6.07, 6.45) is 1.64. The van der Waals surface area contributed by atoms with Gasteiger partial charge in [-0.15, -0.1) is 0 Å². The van der Waals surface area contributed by atoms with E-state index in [-0.39, 0.29) is 10.5 Å². The van der Waals surface area contributed by atoms with Crippen LogP contribution in [0.3, 0.4) is 0 Å². The molecule has 5 nitrogen and oxygen atoms in total. The van der Waals surface area contributed by atoms with Crippen LogP contribution in [-0.4, -0.2) is 37.4 Å². The zero-order chi connectivity index (χ0) is 15.5. The van der Waals surface area contributed by atoms with Crippen molar-refractivity contribution in [2.75, 3.05) is 13.6 Å². The van der Waals surface area contributed by atoms with E-state index in [9.17, 15) is 13.2 Å². The minimum Gasteiger partial charge on any atom is -0.478 e. The molecule has 20 heavy (non-hydrogen) atoms. The van der Waals surface area contributed by atoms with Gasteiger partial charge in [-0.05, 0) is 47.0 Å². The highest BCUT2D eigenvalue weighted by Gasteiger charge is 2.25. The molecule has 1 aromatic carbocycles. The summed E-state index contributed by atoms with van der Waals surface area (Å²) in [5.41, 5.74) is 0.542. The normalized spacial score (nSPS) is 11.8. The van der Waals surface area contributed by atoms with Gasteiger partial charge >= 0.3 is 5.97 Å². The fourth-order valence-electron chi connectivity index (χ4n) is 1.72. The van der Waals surface area contributed by atoms with E-state index >= 15 is 0 Å². The number of carbonyl (C=O) groups is 1. The van der Waals surface area contributed by atoms with Gasteiger partial charge in [0.25, 0.3) is 0 Å². The lowest BCUT2D eigenvalue weighted by molar-refractivity contribution is 0.0696. The molecular weight excluding hydrogens is 346 g/mol. The second-order valence-electron chi connectivity index (χ2n) is 4.59. The Kier molecular flexibility index (Phi) is 5.73. The number of unbranched alkanes of at least 4 members (excludes halogenated alkanes) is 1. The maximum absolute atomic E-state index is 12.5. The first-order chi connectivity index (χ1) is 9.21. The zero-order valence-corrected chi connectivity index (χ0v) is 14.1. The highest BCUT2D eigenvalue weighted by atomic mass is 79.9. The van der Waals surface area contributed by atoms with Crippen molar-refractivity contribution in [3.05, 3.63) is 27.7 Å². The second kappa shape index (κ2) is 6.69. The number of aromatic carboxylic acids is 1. The van der Waals surface area contributed by atoms with Gasteiger partial charge in [0.2, 0.25) is 10.0 Å². The number of carboxylic acids is 1. The van der Waals surface area contributed by atoms with Gasteiger partial charge in [0.1, 0.15) is 0 Å². The first-order valence-corrected chi connectivity index (χ1v) is 8.45. The minimum absolute atomic E-state index is 0.00602. The van der Waals surface area contributed by atoms with Crippen LogP contribution in [0.15, 0.2) is 21.5 Å². The summed E-state index contributed by atoms with van der Waals surface area (Å²) in [6.45, 7) is 4.05. The van der Waals surface area contributed by atoms with E-state index in [1.165, 1.54) is 23.5 Å². The highest BCUT2D eigenvalue weighted by molar-refractivity contribution is 9.10. The second-order valence-corrected chi connectivity index (χ2v) is 7.40. The van der Waals surface area contributed by atoms with Crippen molar-refractivity contribution in [3.63, 3.8) is 0 Å². The summed E-state index contributed by atoms with van der Waals surface area (Å²) in [5, 5.41) is 9.05. The zero-order valence-electron chi connectivity index (χ0n) is 11.7. The van der Waals surface area contributed by atoms with Crippen LogP contribution in [0.1, 0.15) is 35.7 Å². The van der Waals surface area contributed by atoms with Gasteiger partial charge in [0.15, 0.2) is 0 Å². The highest BCUT2D eigenvalue weighted by Crippen LogP contribution is 2.29. The monoisotopic (exact) mass is 363 g/mol. The summed E-state index contributed by atoms with van der Waals surface area (Å²) in [4.78, 5) is 11.1. The van der Waals surface area contributed by atoms with Crippen molar-refractivity contribution in [1.82, 2.24) is 4.31 Å². The molecule has 0 fully saturated rings. The van der Waals surface area contributed by atoms with Crippen LogP contribution in [0.25, 0.3) is 0 Å². The number of nitrogens with zero attached hydrogens (tertiary/aromatic N) is 1. The number of sulfonamides is 1. The first kappa shape index (κ1) is 17.1. The minimum atomic E-state index is -3.70. The Balaban J connectivity index is 3.34. The van der Waals surface area contributed by atoms with Gasteiger partial charge in [-0.1, -0.05) is 13.3 Å². The van der Waals surface area contributed by atoms with Crippen LogP contribution in [0.2, 0.25) is 0 Å². The maximum atomic E-state index is 12.5. The SMILES string of the molecule is CCCCN(C)S(=O)(=O)c1cc(C(=O)O)cc(C)c1Br. The number of rotatable bonds is 6. The summed E-state index contributed by atoms with van der Waals surface area (Å²) in [7, 11) is -2.20. The van der Waals surface area contributed by atoms with Gasteiger partial charge in [-0.2, -0.15) is 0 Å². The van der Waals surface area contributed by atoms with Crippen molar-refractivity contribution >= 4 is 31.9 Å². The van der Waals surface area contributed by atoms with Crippen molar-refractivity contribution in [1.29, 1.82) is 0 Å². The molecule has 0 spiro atoms. The molecule has 112 valence electrons. The van der Waals surface area contributed by atoms with E-state index < -0.39 is 16.0 Å². The lowest BCUT2D eigenvalue weighted by Crippen LogP contribution is -2.28. The van der Waals surface area contributed by atoms with E-state index in [1.807, 2.05) is 6.92 Å². The Hall–Kier alpha value is -0.920. The Morgan fingerprint density at radius 1 is 1.40 bits per heavy atom. The average Bonchev–Trinajstić information content (AvgIpc) is 2.38. The predicted molar refractivity (Wildman–Crippen MR) is 80.6 cm³/mol. The number of carboxylic acid groups (broad SMARTS) is 1. The number of halogens is 1. The molecule has 0 aliphatic carbocycles. The van der Waals surface area contributed by atoms with Crippen LogP contribution < -0.4 is 0 Å². The summed E-state index contributed by atoms with van der Waals surface area (Å²) in [6, 6.07) is 2.63.